The van der Waals surface area contributed by atoms with E-state index >= 15 is 0 Å². The minimum absolute atomic E-state index is 0.0416. The number of hydrogen-bond acceptors (Lipinski definition) is 4. The fourth-order valence-electron chi connectivity index (χ4n) is 1.78. The first kappa shape index (κ1) is 17.6. The summed E-state index contributed by atoms with van der Waals surface area (Å²) in [6.45, 7) is 2.10. The molecule has 0 saturated carbocycles. The van der Waals surface area contributed by atoms with Crippen LogP contribution in [-0.2, 0) is 4.79 Å². The number of hydrazone groups is 1. The van der Waals surface area contributed by atoms with Crippen molar-refractivity contribution >= 4 is 52.0 Å². The monoisotopic (exact) mass is 443 g/mol. The SMILES string of the molecule is Cc1cc(NCC(=O)N/N=C\c2cc(Cl)ccc2O)ccc1I. The van der Waals surface area contributed by atoms with Gasteiger partial charge in [0.1, 0.15) is 5.75 Å². The number of phenolic OH excluding ortho intramolecular Hbond substituents is 1. The van der Waals surface area contributed by atoms with Gasteiger partial charge in [-0.25, -0.2) is 5.43 Å². The molecule has 0 heterocycles. The molecule has 0 radical (unpaired) electrons. The Morgan fingerprint density at radius 2 is 2.13 bits per heavy atom. The zero-order chi connectivity index (χ0) is 16.8. The van der Waals surface area contributed by atoms with E-state index in [2.05, 4.69) is 38.4 Å². The number of nitrogens with zero attached hydrogens (tertiary/aromatic N) is 1. The number of hydrogen-bond donors (Lipinski definition) is 3. The molecule has 120 valence electrons. The lowest BCUT2D eigenvalue weighted by Gasteiger charge is -2.07. The van der Waals surface area contributed by atoms with Crippen LogP contribution in [0.2, 0.25) is 5.02 Å². The zero-order valence-electron chi connectivity index (χ0n) is 12.3. The van der Waals surface area contributed by atoms with Crippen molar-refractivity contribution in [2.24, 2.45) is 5.10 Å². The van der Waals surface area contributed by atoms with Crippen molar-refractivity contribution in [3.05, 3.63) is 56.1 Å². The van der Waals surface area contributed by atoms with E-state index in [1.807, 2.05) is 25.1 Å². The quantitative estimate of drug-likeness (QED) is 0.376. The van der Waals surface area contributed by atoms with Crippen molar-refractivity contribution in [2.45, 2.75) is 6.92 Å². The number of nitrogens with one attached hydrogen (secondary N) is 2. The third-order valence-electron chi connectivity index (χ3n) is 2.99. The molecular formula is C16H15ClIN3O2. The van der Waals surface area contributed by atoms with Crippen molar-refractivity contribution in [3.8, 4) is 5.75 Å². The Morgan fingerprint density at radius 1 is 1.35 bits per heavy atom. The van der Waals surface area contributed by atoms with Crippen LogP contribution in [0.15, 0.2) is 41.5 Å². The Balaban J connectivity index is 1.86. The Kier molecular flexibility index (Phi) is 6.23. The van der Waals surface area contributed by atoms with Gasteiger partial charge in [-0.05, 0) is 71.5 Å². The van der Waals surface area contributed by atoms with Gasteiger partial charge in [-0.15, -0.1) is 0 Å². The van der Waals surface area contributed by atoms with E-state index in [9.17, 15) is 9.90 Å². The number of benzene rings is 2. The first-order valence-corrected chi connectivity index (χ1v) is 8.22. The second kappa shape index (κ2) is 8.16. The smallest absolute Gasteiger partial charge is 0.259 e. The molecule has 2 aromatic rings. The summed E-state index contributed by atoms with van der Waals surface area (Å²) in [6.07, 6.45) is 1.34. The molecule has 2 aromatic carbocycles. The van der Waals surface area contributed by atoms with Crippen LogP contribution in [0.3, 0.4) is 0 Å². The van der Waals surface area contributed by atoms with Crippen molar-refractivity contribution in [2.75, 3.05) is 11.9 Å². The molecule has 0 unspecified atom stereocenters. The standard InChI is InChI=1S/C16H15ClIN3O2/c1-10-6-13(3-4-14(10)18)19-9-16(23)21-20-8-11-7-12(17)2-5-15(11)22/h2-8,19,22H,9H2,1H3,(H,21,23)/b20-8-. The molecule has 3 N–H and O–H groups in total. The van der Waals surface area contributed by atoms with Crippen LogP contribution in [0.25, 0.3) is 0 Å². The van der Waals surface area contributed by atoms with E-state index in [1.165, 1.54) is 15.9 Å². The highest BCUT2D eigenvalue weighted by Gasteiger charge is 2.02. The lowest BCUT2D eigenvalue weighted by Crippen LogP contribution is -2.25. The minimum atomic E-state index is -0.293. The third-order valence-corrected chi connectivity index (χ3v) is 4.44. The van der Waals surface area contributed by atoms with Crippen molar-refractivity contribution in [1.82, 2.24) is 5.43 Å². The van der Waals surface area contributed by atoms with Crippen LogP contribution in [-0.4, -0.2) is 23.8 Å². The molecule has 0 spiro atoms. The molecule has 2 rings (SSSR count). The van der Waals surface area contributed by atoms with Crippen LogP contribution in [0.5, 0.6) is 5.75 Å². The highest BCUT2D eigenvalue weighted by molar-refractivity contribution is 14.1. The number of anilines is 1. The summed E-state index contributed by atoms with van der Waals surface area (Å²) >= 11 is 8.08. The van der Waals surface area contributed by atoms with Gasteiger partial charge < -0.3 is 10.4 Å². The summed E-state index contributed by atoms with van der Waals surface area (Å²) in [6, 6.07) is 10.5. The molecule has 23 heavy (non-hydrogen) atoms. The van der Waals surface area contributed by atoms with Crippen molar-refractivity contribution < 1.29 is 9.90 Å². The molecule has 0 aliphatic carbocycles. The number of phenols is 1. The Morgan fingerprint density at radius 3 is 2.87 bits per heavy atom. The van der Waals surface area contributed by atoms with Gasteiger partial charge in [-0.2, -0.15) is 5.10 Å². The van der Waals surface area contributed by atoms with Crippen LogP contribution in [0, 0.1) is 10.5 Å². The highest BCUT2D eigenvalue weighted by atomic mass is 127. The number of aromatic hydroxyl groups is 1. The topological polar surface area (TPSA) is 73.7 Å². The van der Waals surface area contributed by atoms with Gasteiger partial charge in [0.25, 0.3) is 5.91 Å². The molecule has 5 nitrogen and oxygen atoms in total. The second-order valence-corrected chi connectivity index (χ2v) is 6.41. The second-order valence-electron chi connectivity index (χ2n) is 4.81. The van der Waals surface area contributed by atoms with Gasteiger partial charge in [0.05, 0.1) is 12.8 Å². The van der Waals surface area contributed by atoms with E-state index in [0.29, 0.717) is 10.6 Å². The fraction of sp³-hybridized carbons (Fsp3) is 0.125. The van der Waals surface area contributed by atoms with Crippen LogP contribution in [0.1, 0.15) is 11.1 Å². The normalized spacial score (nSPS) is 10.7. The summed E-state index contributed by atoms with van der Waals surface area (Å²) in [5.41, 5.74) is 4.83. The lowest BCUT2D eigenvalue weighted by molar-refractivity contribution is -0.119. The number of aryl methyl sites for hydroxylation is 1. The van der Waals surface area contributed by atoms with Gasteiger partial charge in [0, 0.05) is 19.8 Å². The maximum absolute atomic E-state index is 11.7. The number of rotatable bonds is 5. The van der Waals surface area contributed by atoms with Crippen molar-refractivity contribution in [3.63, 3.8) is 0 Å². The van der Waals surface area contributed by atoms with E-state index in [4.69, 9.17) is 11.6 Å². The number of carbonyl (C=O) groups excluding carboxylic acids is 1. The largest absolute Gasteiger partial charge is 0.507 e. The fourth-order valence-corrected chi connectivity index (χ4v) is 2.30. The molecule has 0 aliphatic rings. The van der Waals surface area contributed by atoms with Crippen molar-refractivity contribution in [1.29, 1.82) is 0 Å². The van der Waals surface area contributed by atoms with Gasteiger partial charge in [-0.3, -0.25) is 4.79 Å². The van der Waals surface area contributed by atoms with Crippen LogP contribution < -0.4 is 10.7 Å². The number of halogens is 2. The van der Waals surface area contributed by atoms with Crippen LogP contribution >= 0.6 is 34.2 Å². The molecule has 0 atom stereocenters. The maximum atomic E-state index is 11.7. The summed E-state index contributed by atoms with van der Waals surface area (Å²) in [7, 11) is 0. The van der Waals surface area contributed by atoms with E-state index in [1.54, 1.807) is 12.1 Å². The predicted octanol–water partition coefficient (Wildman–Crippen LogP) is 3.52. The summed E-state index contributed by atoms with van der Waals surface area (Å²) in [5.74, 6) is -0.251. The Labute approximate surface area is 152 Å². The molecule has 0 fully saturated rings. The predicted molar refractivity (Wildman–Crippen MR) is 101 cm³/mol. The lowest BCUT2D eigenvalue weighted by atomic mass is 10.2. The van der Waals surface area contributed by atoms with E-state index in [-0.39, 0.29) is 18.2 Å². The molecule has 0 bridgehead atoms. The Hall–Kier alpha value is -1.80. The zero-order valence-corrected chi connectivity index (χ0v) is 15.2. The third kappa shape index (κ3) is 5.40. The summed E-state index contributed by atoms with van der Waals surface area (Å²) in [4.78, 5) is 11.7. The van der Waals surface area contributed by atoms with Gasteiger partial charge in [-0.1, -0.05) is 11.6 Å². The molecule has 1 amide bonds. The van der Waals surface area contributed by atoms with E-state index < -0.39 is 0 Å². The molecular weight excluding hydrogens is 429 g/mol. The first-order chi connectivity index (χ1) is 11.0. The van der Waals surface area contributed by atoms with Gasteiger partial charge >= 0.3 is 0 Å². The summed E-state index contributed by atoms with van der Waals surface area (Å²) < 4.78 is 1.17. The summed E-state index contributed by atoms with van der Waals surface area (Å²) in [5, 5.41) is 16.9. The molecule has 0 saturated heterocycles. The highest BCUT2D eigenvalue weighted by Crippen LogP contribution is 2.19. The minimum Gasteiger partial charge on any atom is -0.507 e. The maximum Gasteiger partial charge on any atom is 0.259 e. The van der Waals surface area contributed by atoms with Crippen LogP contribution in [0.4, 0.5) is 5.69 Å². The number of carbonyl (C=O) groups is 1. The average Bonchev–Trinajstić information content (AvgIpc) is 2.52. The first-order valence-electron chi connectivity index (χ1n) is 6.76. The number of amides is 1. The van der Waals surface area contributed by atoms with Gasteiger partial charge in [0.2, 0.25) is 0 Å². The molecule has 0 aliphatic heterocycles. The van der Waals surface area contributed by atoms with E-state index in [0.717, 1.165) is 11.3 Å². The molecule has 7 heteroatoms. The van der Waals surface area contributed by atoms with Gasteiger partial charge in [0.15, 0.2) is 0 Å². The average molecular weight is 444 g/mol. The Bertz CT molecular complexity index is 750. The molecule has 0 aromatic heterocycles.